The van der Waals surface area contributed by atoms with Crippen molar-refractivity contribution in [2.75, 3.05) is 0 Å². The van der Waals surface area contributed by atoms with E-state index < -0.39 is 5.76 Å². The van der Waals surface area contributed by atoms with Crippen LogP contribution in [0.5, 0.6) is 0 Å². The lowest BCUT2D eigenvalue weighted by atomic mass is 9.86. The Labute approximate surface area is 132 Å². The Bertz CT molecular complexity index is 724. The third kappa shape index (κ3) is 3.46. The average molecular weight is 317 g/mol. The van der Waals surface area contributed by atoms with Crippen LogP contribution in [0.4, 0.5) is 0 Å². The van der Waals surface area contributed by atoms with Gasteiger partial charge in [0.2, 0.25) is 11.7 Å². The van der Waals surface area contributed by atoms with Crippen LogP contribution >= 0.6 is 0 Å². The number of carbonyl (C=O) groups excluding carboxylic acids is 1. The summed E-state index contributed by atoms with van der Waals surface area (Å²) in [4.78, 5) is 32.1. The van der Waals surface area contributed by atoms with Gasteiger partial charge in [0.05, 0.1) is 0 Å². The third-order valence-corrected chi connectivity index (χ3v) is 4.21. The van der Waals surface area contributed by atoms with Crippen molar-refractivity contribution < 1.29 is 9.32 Å². The summed E-state index contributed by atoms with van der Waals surface area (Å²) in [7, 11) is 0. The standard InChI is InChI=1S/C15H19N5O3/c1-10-5-2-3-6-11(10)18-12(21)9-20-14(19-23-15(20)22)13-16-7-4-8-17-13/h4,7-8,10-11H,2-3,5-6,9H2,1H3,(H,18,21)/t10-,11-/m1/s1. The molecule has 1 aliphatic carbocycles. The Hall–Kier alpha value is -2.51. The van der Waals surface area contributed by atoms with Gasteiger partial charge in [-0.1, -0.05) is 24.9 Å². The molecular formula is C15H19N5O3. The van der Waals surface area contributed by atoms with Crippen LogP contribution < -0.4 is 11.1 Å². The SMILES string of the molecule is C[C@@H]1CCCC[C@H]1NC(=O)Cn1c(-c2ncccn2)noc1=O. The normalized spacial score (nSPS) is 21.1. The highest BCUT2D eigenvalue weighted by atomic mass is 16.5. The van der Waals surface area contributed by atoms with Crippen molar-refractivity contribution in [2.24, 2.45) is 5.92 Å². The number of nitrogens with zero attached hydrogens (tertiary/aromatic N) is 4. The second-order valence-corrected chi connectivity index (χ2v) is 5.87. The number of hydrogen-bond donors (Lipinski definition) is 1. The fraction of sp³-hybridized carbons (Fsp3) is 0.533. The first-order valence-electron chi connectivity index (χ1n) is 7.78. The van der Waals surface area contributed by atoms with E-state index in [0.717, 1.165) is 23.8 Å². The molecule has 8 heteroatoms. The minimum atomic E-state index is -0.695. The molecule has 0 radical (unpaired) electrons. The molecule has 0 saturated heterocycles. The van der Waals surface area contributed by atoms with E-state index in [1.165, 1.54) is 18.8 Å². The van der Waals surface area contributed by atoms with Gasteiger partial charge in [0, 0.05) is 18.4 Å². The van der Waals surface area contributed by atoms with E-state index >= 15 is 0 Å². The molecule has 23 heavy (non-hydrogen) atoms. The summed E-state index contributed by atoms with van der Waals surface area (Å²) in [5.74, 6) is -0.0750. The monoisotopic (exact) mass is 317 g/mol. The van der Waals surface area contributed by atoms with Crippen molar-refractivity contribution in [2.45, 2.75) is 45.2 Å². The lowest BCUT2D eigenvalue weighted by Crippen LogP contribution is -2.43. The maximum absolute atomic E-state index is 12.3. The molecule has 2 heterocycles. The topological polar surface area (TPSA) is 103 Å². The van der Waals surface area contributed by atoms with Crippen LogP contribution in [0.3, 0.4) is 0 Å². The number of nitrogens with one attached hydrogen (secondary N) is 1. The Kier molecular flexibility index (Phi) is 4.50. The van der Waals surface area contributed by atoms with Crippen LogP contribution in [-0.2, 0) is 11.3 Å². The minimum absolute atomic E-state index is 0.154. The molecule has 1 aliphatic rings. The molecule has 0 aromatic carbocycles. The molecule has 1 N–H and O–H groups in total. The van der Waals surface area contributed by atoms with Crippen LogP contribution in [0.2, 0.25) is 0 Å². The smallest absolute Gasteiger partial charge is 0.352 e. The van der Waals surface area contributed by atoms with Gasteiger partial charge in [0.1, 0.15) is 6.54 Å². The maximum Gasteiger partial charge on any atom is 0.442 e. The summed E-state index contributed by atoms with van der Waals surface area (Å²) in [5, 5.41) is 6.68. The van der Waals surface area contributed by atoms with Gasteiger partial charge < -0.3 is 5.32 Å². The Morgan fingerprint density at radius 2 is 2.09 bits per heavy atom. The van der Waals surface area contributed by atoms with E-state index in [1.807, 2.05) is 0 Å². The lowest BCUT2D eigenvalue weighted by Gasteiger charge is -2.29. The molecule has 3 rings (SSSR count). The molecule has 0 aliphatic heterocycles. The van der Waals surface area contributed by atoms with E-state index in [4.69, 9.17) is 0 Å². The largest absolute Gasteiger partial charge is 0.442 e. The van der Waals surface area contributed by atoms with Gasteiger partial charge in [-0.2, -0.15) is 0 Å². The molecule has 122 valence electrons. The van der Waals surface area contributed by atoms with Gasteiger partial charge in [-0.05, 0) is 24.8 Å². The minimum Gasteiger partial charge on any atom is -0.352 e. The molecule has 2 aromatic heterocycles. The molecule has 0 bridgehead atoms. The van der Waals surface area contributed by atoms with Gasteiger partial charge in [0.15, 0.2) is 5.82 Å². The van der Waals surface area contributed by atoms with Gasteiger partial charge in [0.25, 0.3) is 0 Å². The van der Waals surface area contributed by atoms with Crippen molar-refractivity contribution in [1.29, 1.82) is 0 Å². The summed E-state index contributed by atoms with van der Waals surface area (Å²) >= 11 is 0. The first-order valence-corrected chi connectivity index (χ1v) is 7.78. The van der Waals surface area contributed by atoms with Crippen molar-refractivity contribution in [3.8, 4) is 11.6 Å². The number of carbonyl (C=O) groups is 1. The molecule has 2 atom stereocenters. The molecule has 2 aromatic rings. The van der Waals surface area contributed by atoms with E-state index in [0.29, 0.717) is 5.92 Å². The molecule has 0 unspecified atom stereocenters. The molecule has 8 nitrogen and oxygen atoms in total. The quantitative estimate of drug-likeness (QED) is 0.902. The number of amides is 1. The highest BCUT2D eigenvalue weighted by Crippen LogP contribution is 2.23. The van der Waals surface area contributed by atoms with Crippen LogP contribution in [0.1, 0.15) is 32.6 Å². The third-order valence-electron chi connectivity index (χ3n) is 4.21. The fourth-order valence-corrected chi connectivity index (χ4v) is 2.91. The summed E-state index contributed by atoms with van der Waals surface area (Å²) in [6.45, 7) is 1.98. The predicted molar refractivity (Wildman–Crippen MR) is 81.4 cm³/mol. The summed E-state index contributed by atoms with van der Waals surface area (Å²) in [6, 6.07) is 1.81. The van der Waals surface area contributed by atoms with Gasteiger partial charge in [-0.3, -0.25) is 9.32 Å². The number of aromatic nitrogens is 4. The second-order valence-electron chi connectivity index (χ2n) is 5.87. The molecule has 1 amide bonds. The van der Waals surface area contributed by atoms with Crippen LogP contribution in [0, 0.1) is 5.92 Å². The predicted octanol–water partition coefficient (Wildman–Crippen LogP) is 0.988. The van der Waals surface area contributed by atoms with Crippen molar-refractivity contribution in [1.82, 2.24) is 25.0 Å². The van der Waals surface area contributed by atoms with Crippen molar-refractivity contribution in [3.63, 3.8) is 0 Å². The maximum atomic E-state index is 12.3. The summed E-state index contributed by atoms with van der Waals surface area (Å²) < 4.78 is 5.81. The zero-order valence-electron chi connectivity index (χ0n) is 12.9. The first-order chi connectivity index (χ1) is 11.1. The first kappa shape index (κ1) is 15.4. The van der Waals surface area contributed by atoms with E-state index in [9.17, 15) is 9.59 Å². The van der Waals surface area contributed by atoms with Crippen molar-refractivity contribution in [3.05, 3.63) is 29.0 Å². The Morgan fingerprint density at radius 1 is 1.35 bits per heavy atom. The van der Waals surface area contributed by atoms with Crippen LogP contribution in [0.15, 0.2) is 27.8 Å². The highest BCUT2D eigenvalue weighted by molar-refractivity contribution is 5.76. The zero-order chi connectivity index (χ0) is 16.2. The average Bonchev–Trinajstić information content (AvgIpc) is 2.91. The number of hydrogen-bond acceptors (Lipinski definition) is 6. The van der Waals surface area contributed by atoms with Gasteiger partial charge in [-0.25, -0.2) is 19.3 Å². The van der Waals surface area contributed by atoms with Gasteiger partial charge in [-0.15, -0.1) is 0 Å². The van der Waals surface area contributed by atoms with Crippen LogP contribution in [0.25, 0.3) is 11.6 Å². The van der Waals surface area contributed by atoms with E-state index in [2.05, 4.69) is 31.9 Å². The van der Waals surface area contributed by atoms with Crippen molar-refractivity contribution >= 4 is 5.91 Å². The molecule has 0 spiro atoms. The Morgan fingerprint density at radius 3 is 2.83 bits per heavy atom. The highest BCUT2D eigenvalue weighted by Gasteiger charge is 2.24. The Balaban J connectivity index is 1.74. The molecular weight excluding hydrogens is 298 g/mol. The molecule has 1 fully saturated rings. The summed E-state index contributed by atoms with van der Waals surface area (Å²) in [6.07, 6.45) is 7.48. The van der Waals surface area contributed by atoms with Crippen LogP contribution in [-0.4, -0.2) is 31.6 Å². The fourth-order valence-electron chi connectivity index (χ4n) is 2.91. The summed E-state index contributed by atoms with van der Waals surface area (Å²) in [5.41, 5.74) is 0. The molecule has 1 saturated carbocycles. The van der Waals surface area contributed by atoms with Gasteiger partial charge >= 0.3 is 5.76 Å². The van der Waals surface area contributed by atoms with E-state index in [1.54, 1.807) is 6.07 Å². The zero-order valence-corrected chi connectivity index (χ0v) is 12.9. The number of rotatable bonds is 4. The van der Waals surface area contributed by atoms with E-state index in [-0.39, 0.29) is 30.1 Å². The second kappa shape index (κ2) is 6.72. The lowest BCUT2D eigenvalue weighted by molar-refractivity contribution is -0.123.